The highest BCUT2D eigenvalue weighted by Crippen LogP contribution is 2.18. The van der Waals surface area contributed by atoms with E-state index in [1.165, 1.54) is 0 Å². The maximum atomic E-state index is 12.1. The normalized spacial score (nSPS) is 8.27. The molecule has 0 atom stereocenters. The van der Waals surface area contributed by atoms with Gasteiger partial charge in [0.15, 0.2) is 0 Å². The van der Waals surface area contributed by atoms with Crippen LogP contribution in [0.25, 0.3) is 0 Å². The summed E-state index contributed by atoms with van der Waals surface area (Å²) < 4.78 is 12.1. The van der Waals surface area contributed by atoms with E-state index in [0.29, 0.717) is 0 Å². The third-order valence-electron chi connectivity index (χ3n) is 0.867. The zero-order valence-electron chi connectivity index (χ0n) is 6.50. The van der Waals surface area contributed by atoms with Crippen LogP contribution in [0.4, 0.5) is 4.39 Å². The molecule has 0 fully saturated rings. The fraction of sp³-hybridized carbons (Fsp3) is 0.250. The largest absolute Gasteiger partial charge is 0.508 e. The molecule has 0 amide bonds. The van der Waals surface area contributed by atoms with Crippen LogP contribution in [0.3, 0.4) is 0 Å². The summed E-state index contributed by atoms with van der Waals surface area (Å²) in [5.74, 6) is -1.19. The maximum Gasteiger partial charge on any atom is 0.130 e. The highest BCUT2D eigenvalue weighted by atomic mass is 19.1. The number of benzene rings is 1. The number of hydrogen-bond donors (Lipinski definition) is 2. The molecule has 0 aliphatic carbocycles. The van der Waals surface area contributed by atoms with E-state index in [2.05, 4.69) is 0 Å². The van der Waals surface area contributed by atoms with Gasteiger partial charge in [-0.3, -0.25) is 0 Å². The Kier molecular flexibility index (Phi) is 4.03. The summed E-state index contributed by atoms with van der Waals surface area (Å²) >= 11 is 0. The molecule has 1 aromatic carbocycles. The maximum absolute atomic E-state index is 12.1. The zero-order chi connectivity index (χ0) is 8.85. The van der Waals surface area contributed by atoms with Gasteiger partial charge < -0.3 is 10.2 Å². The third kappa shape index (κ3) is 3.45. The second kappa shape index (κ2) is 4.55. The minimum atomic E-state index is -0.646. The highest BCUT2D eigenvalue weighted by molar-refractivity contribution is 5.31. The molecule has 62 valence electrons. The summed E-state index contributed by atoms with van der Waals surface area (Å²) in [7, 11) is 0. The lowest BCUT2D eigenvalue weighted by Crippen LogP contribution is -1.71. The van der Waals surface area contributed by atoms with E-state index in [0.717, 1.165) is 18.2 Å². The number of hydrogen-bond acceptors (Lipinski definition) is 2. The Labute approximate surface area is 64.9 Å². The predicted octanol–water partition coefficient (Wildman–Crippen LogP) is 2.26. The van der Waals surface area contributed by atoms with Crippen molar-refractivity contribution < 1.29 is 14.6 Å². The first-order valence-corrected chi connectivity index (χ1v) is 3.37. The van der Waals surface area contributed by atoms with Crippen molar-refractivity contribution in [2.75, 3.05) is 0 Å². The van der Waals surface area contributed by atoms with Gasteiger partial charge in [0.25, 0.3) is 0 Å². The molecule has 3 heteroatoms. The van der Waals surface area contributed by atoms with E-state index < -0.39 is 5.82 Å². The quantitative estimate of drug-likeness (QED) is 0.608. The molecule has 0 aliphatic rings. The van der Waals surface area contributed by atoms with Crippen LogP contribution in [0.1, 0.15) is 13.8 Å². The average Bonchev–Trinajstić information content (AvgIpc) is 1.88. The Balaban J connectivity index is 0.000000461. The molecule has 0 aromatic heterocycles. The molecule has 0 unspecified atom stereocenters. The van der Waals surface area contributed by atoms with Crippen molar-refractivity contribution >= 4 is 0 Å². The fourth-order valence-corrected chi connectivity index (χ4v) is 0.559. The molecular weight excluding hydrogens is 147 g/mol. The lowest BCUT2D eigenvalue weighted by molar-refractivity contribution is 0.441. The van der Waals surface area contributed by atoms with Gasteiger partial charge in [0.05, 0.1) is 0 Å². The summed E-state index contributed by atoms with van der Waals surface area (Å²) in [6.45, 7) is 4.00. The molecule has 0 radical (unpaired) electrons. The van der Waals surface area contributed by atoms with E-state index >= 15 is 0 Å². The smallest absolute Gasteiger partial charge is 0.130 e. The highest BCUT2D eigenvalue weighted by Gasteiger charge is 1.95. The van der Waals surface area contributed by atoms with E-state index in [4.69, 9.17) is 10.2 Å². The van der Waals surface area contributed by atoms with Gasteiger partial charge in [0.2, 0.25) is 0 Å². The summed E-state index contributed by atoms with van der Waals surface area (Å²) in [5.41, 5.74) is 0. The van der Waals surface area contributed by atoms with Crippen molar-refractivity contribution in [3.05, 3.63) is 24.0 Å². The van der Waals surface area contributed by atoms with Crippen molar-refractivity contribution in [1.29, 1.82) is 0 Å². The van der Waals surface area contributed by atoms with Crippen molar-refractivity contribution in [2.24, 2.45) is 0 Å². The van der Waals surface area contributed by atoms with Crippen LogP contribution >= 0.6 is 0 Å². The Bertz CT molecular complexity index is 173. The minimum absolute atomic E-state index is 0.271. The molecule has 0 aliphatic heterocycles. The Hall–Kier alpha value is -1.25. The van der Waals surface area contributed by atoms with Gasteiger partial charge in [-0.1, -0.05) is 13.8 Å². The Morgan fingerprint density at radius 1 is 1.00 bits per heavy atom. The first kappa shape index (κ1) is 9.75. The molecule has 1 rings (SSSR count). The van der Waals surface area contributed by atoms with Crippen LogP contribution < -0.4 is 0 Å². The molecule has 1 aromatic rings. The first-order chi connectivity index (χ1) is 5.18. The summed E-state index contributed by atoms with van der Waals surface area (Å²) in [6.07, 6.45) is 0. The molecule has 11 heavy (non-hydrogen) atoms. The summed E-state index contributed by atoms with van der Waals surface area (Å²) in [4.78, 5) is 0. The minimum Gasteiger partial charge on any atom is -0.508 e. The standard InChI is InChI=1S/C6H5FO2.C2H6/c7-4-1-5(8)3-6(9)2-4;1-2/h1-3,8-9H;1-2H3. The Morgan fingerprint density at radius 2 is 1.36 bits per heavy atom. The summed E-state index contributed by atoms with van der Waals surface area (Å²) in [5, 5.41) is 17.2. The van der Waals surface area contributed by atoms with Crippen LogP contribution in [-0.2, 0) is 0 Å². The number of halogens is 1. The third-order valence-corrected chi connectivity index (χ3v) is 0.867. The van der Waals surface area contributed by atoms with Crippen LogP contribution in [-0.4, -0.2) is 10.2 Å². The second-order valence-electron chi connectivity index (χ2n) is 1.67. The molecule has 0 spiro atoms. The monoisotopic (exact) mass is 158 g/mol. The number of phenolic OH excluding ortho intramolecular Hbond substituents is 2. The van der Waals surface area contributed by atoms with E-state index in [1.54, 1.807) is 0 Å². The molecule has 0 bridgehead atoms. The lowest BCUT2D eigenvalue weighted by atomic mass is 10.3. The molecule has 0 saturated carbocycles. The molecule has 2 nitrogen and oxygen atoms in total. The topological polar surface area (TPSA) is 40.5 Å². The van der Waals surface area contributed by atoms with Crippen LogP contribution in [0.2, 0.25) is 0 Å². The Morgan fingerprint density at radius 3 is 1.64 bits per heavy atom. The molecule has 0 heterocycles. The van der Waals surface area contributed by atoms with Gasteiger partial charge in [-0.25, -0.2) is 4.39 Å². The number of phenols is 2. The predicted molar refractivity (Wildman–Crippen MR) is 41.1 cm³/mol. The van der Waals surface area contributed by atoms with Gasteiger partial charge in [-0.15, -0.1) is 0 Å². The SMILES string of the molecule is CC.Oc1cc(O)cc(F)c1. The van der Waals surface area contributed by atoms with Gasteiger partial charge in [-0.2, -0.15) is 0 Å². The van der Waals surface area contributed by atoms with E-state index in [-0.39, 0.29) is 11.5 Å². The molecular formula is C8H11FO2. The average molecular weight is 158 g/mol. The van der Waals surface area contributed by atoms with Crippen molar-refractivity contribution in [3.63, 3.8) is 0 Å². The zero-order valence-corrected chi connectivity index (χ0v) is 6.50. The number of aromatic hydroxyl groups is 2. The van der Waals surface area contributed by atoms with Crippen LogP contribution in [0, 0.1) is 5.82 Å². The fourth-order valence-electron chi connectivity index (χ4n) is 0.559. The first-order valence-electron chi connectivity index (χ1n) is 3.37. The van der Waals surface area contributed by atoms with Gasteiger partial charge >= 0.3 is 0 Å². The van der Waals surface area contributed by atoms with Crippen LogP contribution in [0.15, 0.2) is 18.2 Å². The van der Waals surface area contributed by atoms with Crippen molar-refractivity contribution in [2.45, 2.75) is 13.8 Å². The second-order valence-corrected chi connectivity index (χ2v) is 1.67. The van der Waals surface area contributed by atoms with Gasteiger partial charge in [0, 0.05) is 18.2 Å². The van der Waals surface area contributed by atoms with Crippen molar-refractivity contribution in [3.8, 4) is 11.5 Å². The van der Waals surface area contributed by atoms with Gasteiger partial charge in [-0.05, 0) is 0 Å². The molecule has 2 N–H and O–H groups in total. The van der Waals surface area contributed by atoms with Crippen molar-refractivity contribution in [1.82, 2.24) is 0 Å². The van der Waals surface area contributed by atoms with E-state index in [1.807, 2.05) is 13.8 Å². The van der Waals surface area contributed by atoms with E-state index in [9.17, 15) is 4.39 Å². The lowest BCUT2D eigenvalue weighted by Gasteiger charge is -1.92. The molecule has 0 saturated heterocycles. The van der Waals surface area contributed by atoms with Gasteiger partial charge in [0.1, 0.15) is 17.3 Å². The summed E-state index contributed by atoms with van der Waals surface area (Å²) in [6, 6.07) is 2.89. The van der Waals surface area contributed by atoms with Crippen LogP contribution in [0.5, 0.6) is 11.5 Å². The number of rotatable bonds is 0.